The van der Waals surface area contributed by atoms with Crippen molar-refractivity contribution in [1.82, 2.24) is 4.90 Å². The zero-order valence-electron chi connectivity index (χ0n) is 15.4. The molecule has 8 nitrogen and oxygen atoms in total. The maximum Gasteiger partial charge on any atom is 0.261 e. The molecule has 0 bridgehead atoms. The van der Waals surface area contributed by atoms with Crippen LogP contribution in [0.15, 0.2) is 47.4 Å². The Kier molecular flexibility index (Phi) is 6.06. The molecule has 2 amide bonds. The number of hydrogen-bond donors (Lipinski definition) is 2. The van der Waals surface area contributed by atoms with E-state index in [4.69, 9.17) is 4.74 Å². The van der Waals surface area contributed by atoms with Crippen LogP contribution in [-0.2, 0) is 14.8 Å². The summed E-state index contributed by atoms with van der Waals surface area (Å²) in [5.74, 6) is -0.188. The fourth-order valence-electron chi connectivity index (χ4n) is 2.29. The summed E-state index contributed by atoms with van der Waals surface area (Å²) in [6, 6.07) is 10.2. The summed E-state index contributed by atoms with van der Waals surface area (Å²) in [6.07, 6.45) is 0. The summed E-state index contributed by atoms with van der Waals surface area (Å²) in [5, 5.41) is 2.53. The Morgan fingerprint density at radius 1 is 1.04 bits per heavy atom. The highest BCUT2D eigenvalue weighted by Gasteiger charge is 2.18. The third-order valence-electron chi connectivity index (χ3n) is 3.58. The van der Waals surface area contributed by atoms with Crippen LogP contribution in [-0.4, -0.2) is 46.3 Å². The van der Waals surface area contributed by atoms with Gasteiger partial charge in [0.05, 0.1) is 17.7 Å². The Balaban J connectivity index is 2.28. The summed E-state index contributed by atoms with van der Waals surface area (Å²) in [7, 11) is 0.790. The van der Waals surface area contributed by atoms with Gasteiger partial charge in [-0.3, -0.25) is 14.3 Å². The monoisotopic (exact) mass is 391 g/mol. The number of methoxy groups -OCH3 is 1. The SMILES string of the molecule is COc1ccc(S(=O)(=O)Nc2ccc(C(=O)N(C)C)cc2)cc1NC(C)=O. The summed E-state index contributed by atoms with van der Waals surface area (Å²) in [5.41, 5.74) is 1.00. The highest BCUT2D eigenvalue weighted by Crippen LogP contribution is 2.28. The molecule has 0 saturated carbocycles. The lowest BCUT2D eigenvalue weighted by atomic mass is 10.2. The summed E-state index contributed by atoms with van der Waals surface area (Å²) >= 11 is 0. The first-order chi connectivity index (χ1) is 12.6. The smallest absolute Gasteiger partial charge is 0.261 e. The number of ether oxygens (including phenoxy) is 1. The van der Waals surface area contributed by atoms with Gasteiger partial charge < -0.3 is 15.0 Å². The number of benzene rings is 2. The van der Waals surface area contributed by atoms with Gasteiger partial charge in [0.15, 0.2) is 0 Å². The van der Waals surface area contributed by atoms with Gasteiger partial charge in [0.2, 0.25) is 5.91 Å². The molecule has 0 aromatic heterocycles. The number of hydrogen-bond acceptors (Lipinski definition) is 5. The van der Waals surface area contributed by atoms with Crippen molar-refractivity contribution in [2.75, 3.05) is 31.2 Å². The molecule has 0 radical (unpaired) electrons. The minimum Gasteiger partial charge on any atom is -0.495 e. The second-order valence-electron chi connectivity index (χ2n) is 5.93. The molecule has 9 heteroatoms. The van der Waals surface area contributed by atoms with Crippen molar-refractivity contribution < 1.29 is 22.7 Å². The molecule has 0 fully saturated rings. The molecule has 2 aromatic rings. The van der Waals surface area contributed by atoms with E-state index in [-0.39, 0.29) is 22.4 Å². The Bertz CT molecular complexity index is 953. The zero-order chi connectivity index (χ0) is 20.2. The van der Waals surface area contributed by atoms with Crippen LogP contribution in [0.3, 0.4) is 0 Å². The van der Waals surface area contributed by atoms with E-state index in [2.05, 4.69) is 10.0 Å². The quantitative estimate of drug-likeness (QED) is 0.785. The fraction of sp³-hybridized carbons (Fsp3) is 0.222. The van der Waals surface area contributed by atoms with Gasteiger partial charge in [-0.15, -0.1) is 0 Å². The molecule has 0 aliphatic rings. The zero-order valence-corrected chi connectivity index (χ0v) is 16.3. The van der Waals surface area contributed by atoms with Crippen LogP contribution in [0.5, 0.6) is 5.75 Å². The molecule has 2 N–H and O–H groups in total. The molecule has 0 heterocycles. The summed E-state index contributed by atoms with van der Waals surface area (Å²) in [4.78, 5) is 24.6. The number of nitrogens with zero attached hydrogens (tertiary/aromatic N) is 1. The molecular formula is C18H21N3O5S. The number of nitrogens with one attached hydrogen (secondary N) is 2. The van der Waals surface area contributed by atoms with E-state index in [1.54, 1.807) is 14.1 Å². The second kappa shape index (κ2) is 8.09. The van der Waals surface area contributed by atoms with Crippen molar-refractivity contribution in [3.05, 3.63) is 48.0 Å². The third-order valence-corrected chi connectivity index (χ3v) is 4.96. The first kappa shape index (κ1) is 20.2. The van der Waals surface area contributed by atoms with Crippen molar-refractivity contribution in [3.63, 3.8) is 0 Å². The number of amides is 2. The molecule has 0 unspecified atom stereocenters. The standard InChI is InChI=1S/C18H21N3O5S/c1-12(22)19-16-11-15(9-10-17(16)26-4)27(24,25)20-14-7-5-13(6-8-14)18(23)21(2)3/h5-11,20H,1-4H3,(H,19,22). The average Bonchev–Trinajstić information content (AvgIpc) is 2.60. The molecular weight excluding hydrogens is 370 g/mol. The number of rotatable bonds is 6. The van der Waals surface area contributed by atoms with Crippen molar-refractivity contribution in [2.45, 2.75) is 11.8 Å². The van der Waals surface area contributed by atoms with Crippen molar-refractivity contribution in [2.24, 2.45) is 0 Å². The highest BCUT2D eigenvalue weighted by molar-refractivity contribution is 7.92. The predicted octanol–water partition coefficient (Wildman–Crippen LogP) is 2.16. The van der Waals surface area contributed by atoms with Gasteiger partial charge in [0, 0.05) is 32.3 Å². The lowest BCUT2D eigenvalue weighted by Crippen LogP contribution is -2.21. The Hall–Kier alpha value is -3.07. The molecule has 2 aromatic carbocycles. The van der Waals surface area contributed by atoms with Crippen LogP contribution >= 0.6 is 0 Å². The van der Waals surface area contributed by atoms with Crippen LogP contribution in [0.2, 0.25) is 0 Å². The fourth-order valence-corrected chi connectivity index (χ4v) is 3.38. The van der Waals surface area contributed by atoms with Crippen LogP contribution < -0.4 is 14.8 Å². The first-order valence-corrected chi connectivity index (χ1v) is 9.42. The maximum atomic E-state index is 12.6. The number of sulfonamides is 1. The number of carbonyl (C=O) groups is 2. The Morgan fingerprint density at radius 3 is 2.19 bits per heavy atom. The summed E-state index contributed by atoms with van der Waals surface area (Å²) < 4.78 is 32.8. The normalized spacial score (nSPS) is 10.8. The molecule has 0 aliphatic carbocycles. The topological polar surface area (TPSA) is 105 Å². The van der Waals surface area contributed by atoms with Gasteiger partial charge >= 0.3 is 0 Å². The van der Waals surface area contributed by atoms with Crippen molar-refractivity contribution in [1.29, 1.82) is 0 Å². The van der Waals surface area contributed by atoms with E-state index >= 15 is 0 Å². The van der Waals surface area contributed by atoms with E-state index in [9.17, 15) is 18.0 Å². The van der Waals surface area contributed by atoms with Gasteiger partial charge in [0.25, 0.3) is 15.9 Å². The van der Waals surface area contributed by atoms with E-state index < -0.39 is 10.0 Å². The van der Waals surface area contributed by atoms with Gasteiger partial charge in [-0.25, -0.2) is 8.42 Å². The Labute approximate surface area is 158 Å². The molecule has 0 atom stereocenters. The van der Waals surface area contributed by atoms with Crippen LogP contribution in [0.25, 0.3) is 0 Å². The highest BCUT2D eigenvalue weighted by atomic mass is 32.2. The van der Waals surface area contributed by atoms with E-state index in [0.717, 1.165) is 0 Å². The van der Waals surface area contributed by atoms with Crippen LogP contribution in [0.4, 0.5) is 11.4 Å². The molecule has 0 spiro atoms. The van der Waals surface area contributed by atoms with Crippen molar-refractivity contribution >= 4 is 33.2 Å². The maximum absolute atomic E-state index is 12.6. The molecule has 0 saturated heterocycles. The minimum atomic E-state index is -3.90. The third kappa shape index (κ3) is 4.98. The van der Waals surface area contributed by atoms with Gasteiger partial charge in [0.1, 0.15) is 5.75 Å². The van der Waals surface area contributed by atoms with Crippen molar-refractivity contribution in [3.8, 4) is 5.75 Å². The molecule has 144 valence electrons. The first-order valence-electron chi connectivity index (χ1n) is 7.94. The molecule has 27 heavy (non-hydrogen) atoms. The van der Waals surface area contributed by atoms with Gasteiger partial charge in [-0.2, -0.15) is 0 Å². The lowest BCUT2D eigenvalue weighted by Gasteiger charge is -2.13. The molecule has 0 aliphatic heterocycles. The van der Waals surface area contributed by atoms with Gasteiger partial charge in [-0.1, -0.05) is 0 Å². The Morgan fingerprint density at radius 2 is 1.67 bits per heavy atom. The van der Waals surface area contributed by atoms with Crippen LogP contribution in [0.1, 0.15) is 17.3 Å². The lowest BCUT2D eigenvalue weighted by molar-refractivity contribution is -0.114. The molecule has 2 rings (SSSR count). The summed E-state index contributed by atoms with van der Waals surface area (Å²) in [6.45, 7) is 1.31. The van der Waals surface area contributed by atoms with Crippen LogP contribution in [0, 0.1) is 0 Å². The van der Waals surface area contributed by atoms with E-state index in [1.165, 1.54) is 61.4 Å². The largest absolute Gasteiger partial charge is 0.495 e. The second-order valence-corrected chi connectivity index (χ2v) is 7.61. The number of anilines is 2. The van der Waals surface area contributed by atoms with Gasteiger partial charge in [-0.05, 0) is 42.5 Å². The minimum absolute atomic E-state index is 0.0412. The predicted molar refractivity (Wildman–Crippen MR) is 103 cm³/mol. The van der Waals surface area contributed by atoms with E-state index in [1.807, 2.05) is 0 Å². The van der Waals surface area contributed by atoms with E-state index in [0.29, 0.717) is 17.0 Å². The average molecular weight is 391 g/mol. The number of carbonyl (C=O) groups excluding carboxylic acids is 2.